The summed E-state index contributed by atoms with van der Waals surface area (Å²) in [5, 5.41) is 9.85. The Labute approximate surface area is 114 Å². The van der Waals surface area contributed by atoms with Crippen LogP contribution in [-0.2, 0) is 20.2 Å². The van der Waals surface area contributed by atoms with E-state index in [0.29, 0.717) is 0 Å². The summed E-state index contributed by atoms with van der Waals surface area (Å²) in [6, 6.07) is 5.08. The van der Waals surface area contributed by atoms with Crippen molar-refractivity contribution in [1.82, 2.24) is 0 Å². The van der Waals surface area contributed by atoms with Gasteiger partial charge in [0.05, 0.1) is 9.79 Å². The van der Waals surface area contributed by atoms with Crippen LogP contribution in [0.15, 0.2) is 40.1 Å². The molecule has 0 spiro atoms. The molecule has 2 rings (SSSR count). The molecule has 5 N–H and O–H groups in total. The van der Waals surface area contributed by atoms with Crippen molar-refractivity contribution in [1.29, 1.82) is 0 Å². The van der Waals surface area contributed by atoms with E-state index in [-0.39, 0.29) is 16.2 Å². The van der Waals surface area contributed by atoms with Crippen molar-refractivity contribution in [3.63, 3.8) is 0 Å². The molecule has 0 aromatic heterocycles. The van der Waals surface area contributed by atoms with Gasteiger partial charge in [0.2, 0.25) is 0 Å². The first-order valence-electron chi connectivity index (χ1n) is 4.81. The average Bonchev–Trinajstić information content (AvgIpc) is 2.25. The van der Waals surface area contributed by atoms with E-state index in [0.717, 1.165) is 24.3 Å². The number of aromatic hydroxyl groups is 1. The summed E-state index contributed by atoms with van der Waals surface area (Å²) in [4.78, 5) is -1.03. The molecule has 8 nitrogen and oxygen atoms in total. The minimum absolute atomic E-state index is 0. The standard InChI is InChI=1S/C10H8O7S2.H2O/c11-10-5-8(19(15,16)17)4-6-3-7(18(12,13)14)1-2-9(6)10;/h1-5,11H,(H,12,13,14)(H,15,16,17);1H2. The van der Waals surface area contributed by atoms with E-state index < -0.39 is 35.8 Å². The zero-order valence-electron chi connectivity index (χ0n) is 9.68. The molecule has 0 amide bonds. The van der Waals surface area contributed by atoms with Gasteiger partial charge in [-0.2, -0.15) is 16.8 Å². The Hall–Kier alpha value is -1.72. The molecule has 0 aliphatic carbocycles. The van der Waals surface area contributed by atoms with Gasteiger partial charge in [-0.15, -0.1) is 0 Å². The fourth-order valence-corrected chi connectivity index (χ4v) is 2.66. The Bertz CT molecular complexity index is 862. The van der Waals surface area contributed by atoms with Crippen LogP contribution in [0.3, 0.4) is 0 Å². The molecule has 0 saturated carbocycles. The third kappa shape index (κ3) is 3.05. The lowest BCUT2D eigenvalue weighted by Crippen LogP contribution is -1.99. The second kappa shape index (κ2) is 5.00. The maximum absolute atomic E-state index is 11.0. The first-order valence-corrected chi connectivity index (χ1v) is 7.69. The lowest BCUT2D eigenvalue weighted by molar-refractivity contribution is 0.471. The summed E-state index contributed by atoms with van der Waals surface area (Å²) in [6.45, 7) is 0. The van der Waals surface area contributed by atoms with E-state index in [1.807, 2.05) is 0 Å². The van der Waals surface area contributed by atoms with Crippen molar-refractivity contribution < 1.29 is 36.5 Å². The highest BCUT2D eigenvalue weighted by atomic mass is 32.2. The van der Waals surface area contributed by atoms with Crippen LogP contribution in [-0.4, -0.2) is 36.5 Å². The van der Waals surface area contributed by atoms with Crippen molar-refractivity contribution in [3.8, 4) is 5.75 Å². The van der Waals surface area contributed by atoms with Crippen LogP contribution < -0.4 is 0 Å². The minimum atomic E-state index is -4.54. The Kier molecular flexibility index (Phi) is 4.08. The summed E-state index contributed by atoms with van der Waals surface area (Å²) in [5.41, 5.74) is 0. The molecule has 0 radical (unpaired) electrons. The number of phenolic OH excluding ortho intramolecular Hbond substituents is 1. The number of benzene rings is 2. The smallest absolute Gasteiger partial charge is 0.294 e. The summed E-state index contributed by atoms with van der Waals surface area (Å²) in [5.74, 6) is -0.438. The fraction of sp³-hybridized carbons (Fsp3) is 0. The van der Waals surface area contributed by atoms with Crippen LogP contribution in [0.25, 0.3) is 10.8 Å². The molecule has 0 aliphatic heterocycles. The quantitative estimate of drug-likeness (QED) is 0.666. The first kappa shape index (κ1) is 16.3. The first-order chi connectivity index (χ1) is 8.59. The third-order valence-electron chi connectivity index (χ3n) is 2.47. The normalized spacial score (nSPS) is 12.1. The van der Waals surface area contributed by atoms with E-state index in [4.69, 9.17) is 9.11 Å². The molecule has 0 atom stereocenters. The van der Waals surface area contributed by atoms with Crippen molar-refractivity contribution >= 4 is 31.0 Å². The molecule has 0 heterocycles. The fourth-order valence-electron chi connectivity index (χ4n) is 1.61. The maximum Gasteiger partial charge on any atom is 0.294 e. The van der Waals surface area contributed by atoms with Gasteiger partial charge < -0.3 is 10.6 Å². The zero-order chi connectivity index (χ0) is 14.4. The molecule has 10 heteroatoms. The number of fused-ring (bicyclic) bond motifs is 1. The van der Waals surface area contributed by atoms with Crippen molar-refractivity contribution in [2.24, 2.45) is 0 Å². The average molecular weight is 322 g/mol. The molecular weight excluding hydrogens is 312 g/mol. The van der Waals surface area contributed by atoms with Gasteiger partial charge in [0.15, 0.2) is 0 Å². The Morgan fingerprint density at radius 1 is 0.800 bits per heavy atom. The van der Waals surface area contributed by atoms with Crippen molar-refractivity contribution in [2.75, 3.05) is 0 Å². The van der Waals surface area contributed by atoms with Crippen LogP contribution in [0, 0.1) is 0 Å². The van der Waals surface area contributed by atoms with E-state index in [9.17, 15) is 21.9 Å². The second-order valence-electron chi connectivity index (χ2n) is 3.78. The van der Waals surface area contributed by atoms with Gasteiger partial charge in [0.25, 0.3) is 20.2 Å². The van der Waals surface area contributed by atoms with E-state index in [1.54, 1.807) is 0 Å². The third-order valence-corrected chi connectivity index (χ3v) is 4.15. The Morgan fingerprint density at radius 3 is 1.80 bits per heavy atom. The molecule has 0 saturated heterocycles. The Morgan fingerprint density at radius 2 is 1.30 bits per heavy atom. The largest absolute Gasteiger partial charge is 0.507 e. The topological polar surface area (TPSA) is 160 Å². The predicted molar refractivity (Wildman–Crippen MR) is 68.9 cm³/mol. The Balaban J connectivity index is 0.00000200. The summed E-state index contributed by atoms with van der Waals surface area (Å²) in [6.07, 6.45) is 0. The number of hydrogen-bond donors (Lipinski definition) is 3. The maximum atomic E-state index is 11.0. The van der Waals surface area contributed by atoms with Crippen LogP contribution in [0.1, 0.15) is 0 Å². The highest BCUT2D eigenvalue weighted by Gasteiger charge is 2.16. The van der Waals surface area contributed by atoms with Crippen LogP contribution in [0.5, 0.6) is 5.75 Å². The summed E-state index contributed by atoms with van der Waals surface area (Å²) in [7, 11) is -8.99. The molecule has 20 heavy (non-hydrogen) atoms. The molecule has 2 aromatic carbocycles. The van der Waals surface area contributed by atoms with Gasteiger partial charge >= 0.3 is 0 Å². The molecule has 110 valence electrons. The monoisotopic (exact) mass is 322 g/mol. The molecular formula is C10H10O8S2. The van der Waals surface area contributed by atoms with Gasteiger partial charge in [0, 0.05) is 11.5 Å². The van der Waals surface area contributed by atoms with Gasteiger partial charge in [0.1, 0.15) is 5.75 Å². The SMILES string of the molecule is O.O=S(=O)(O)c1ccc2c(O)cc(S(=O)(=O)O)cc2c1. The molecule has 0 aliphatic rings. The van der Waals surface area contributed by atoms with Gasteiger partial charge in [-0.1, -0.05) is 0 Å². The summed E-state index contributed by atoms with van der Waals surface area (Å²) < 4.78 is 61.7. The zero-order valence-corrected chi connectivity index (χ0v) is 11.3. The number of hydrogen-bond acceptors (Lipinski definition) is 5. The highest BCUT2D eigenvalue weighted by molar-refractivity contribution is 7.86. The van der Waals surface area contributed by atoms with E-state index >= 15 is 0 Å². The van der Waals surface area contributed by atoms with Gasteiger partial charge in [-0.3, -0.25) is 9.11 Å². The summed E-state index contributed by atoms with van der Waals surface area (Å²) >= 11 is 0. The lowest BCUT2D eigenvalue weighted by Gasteiger charge is -2.05. The lowest BCUT2D eigenvalue weighted by atomic mass is 10.1. The van der Waals surface area contributed by atoms with E-state index in [2.05, 4.69) is 0 Å². The minimum Gasteiger partial charge on any atom is -0.507 e. The molecule has 0 fully saturated rings. The van der Waals surface area contributed by atoms with Crippen LogP contribution >= 0.6 is 0 Å². The van der Waals surface area contributed by atoms with Crippen molar-refractivity contribution in [2.45, 2.75) is 9.79 Å². The van der Waals surface area contributed by atoms with Crippen LogP contribution in [0.2, 0.25) is 0 Å². The highest BCUT2D eigenvalue weighted by Crippen LogP contribution is 2.30. The van der Waals surface area contributed by atoms with E-state index in [1.165, 1.54) is 6.07 Å². The van der Waals surface area contributed by atoms with Gasteiger partial charge in [-0.25, -0.2) is 0 Å². The number of rotatable bonds is 2. The molecule has 0 unspecified atom stereocenters. The number of phenols is 1. The molecule has 2 aromatic rings. The predicted octanol–water partition coefficient (Wildman–Crippen LogP) is 0.214. The van der Waals surface area contributed by atoms with Crippen molar-refractivity contribution in [3.05, 3.63) is 30.3 Å². The van der Waals surface area contributed by atoms with Gasteiger partial charge in [-0.05, 0) is 29.7 Å². The van der Waals surface area contributed by atoms with Crippen LogP contribution in [0.4, 0.5) is 0 Å². The molecule has 0 bridgehead atoms. The second-order valence-corrected chi connectivity index (χ2v) is 6.62.